The minimum atomic E-state index is -0.235. The molecule has 1 atom stereocenters. The summed E-state index contributed by atoms with van der Waals surface area (Å²) < 4.78 is 2.82. The second-order valence-corrected chi connectivity index (χ2v) is 5.39. The summed E-state index contributed by atoms with van der Waals surface area (Å²) in [5.41, 5.74) is 4.54. The number of pyridine rings is 1. The first kappa shape index (κ1) is 14.5. The van der Waals surface area contributed by atoms with Crippen LogP contribution < -0.4 is 11.3 Å². The summed E-state index contributed by atoms with van der Waals surface area (Å²) in [6.45, 7) is 2.93. The molecular formula is C12H15BrClN5. The molecule has 0 bridgehead atoms. The molecule has 3 N–H and O–H groups in total. The quantitative estimate of drug-likeness (QED) is 0.646. The van der Waals surface area contributed by atoms with Gasteiger partial charge in [-0.25, -0.2) is 5.43 Å². The van der Waals surface area contributed by atoms with Crippen molar-refractivity contribution in [3.05, 3.63) is 45.4 Å². The van der Waals surface area contributed by atoms with Crippen molar-refractivity contribution in [2.24, 2.45) is 5.84 Å². The Hall–Kier alpha value is -0.950. The van der Waals surface area contributed by atoms with E-state index < -0.39 is 0 Å². The van der Waals surface area contributed by atoms with Crippen molar-refractivity contribution >= 4 is 27.5 Å². The van der Waals surface area contributed by atoms with Gasteiger partial charge in [-0.2, -0.15) is 5.10 Å². The van der Waals surface area contributed by atoms with Gasteiger partial charge in [-0.1, -0.05) is 18.5 Å². The fourth-order valence-electron chi connectivity index (χ4n) is 1.91. The Morgan fingerprint density at radius 1 is 1.47 bits per heavy atom. The zero-order chi connectivity index (χ0) is 13.8. The fourth-order valence-corrected chi connectivity index (χ4v) is 2.55. The van der Waals surface area contributed by atoms with E-state index in [1.54, 1.807) is 18.5 Å². The summed E-state index contributed by atoms with van der Waals surface area (Å²) >= 11 is 9.36. The van der Waals surface area contributed by atoms with Gasteiger partial charge in [0.25, 0.3) is 0 Å². The number of hydrazine groups is 1. The lowest BCUT2D eigenvalue weighted by Gasteiger charge is -2.18. The molecule has 0 aliphatic heterocycles. The van der Waals surface area contributed by atoms with Gasteiger partial charge in [0, 0.05) is 12.7 Å². The first-order valence-corrected chi connectivity index (χ1v) is 7.13. The SMILES string of the molecule is CCCn1ncc(Br)c1C(NN)c1ccc(Cl)cn1. The fraction of sp³-hybridized carbons (Fsp3) is 0.333. The third-order valence-electron chi connectivity index (χ3n) is 2.75. The van der Waals surface area contributed by atoms with Crippen molar-refractivity contribution in [1.82, 2.24) is 20.2 Å². The largest absolute Gasteiger partial charge is 0.270 e. The van der Waals surface area contributed by atoms with Crippen LogP contribution in [0.25, 0.3) is 0 Å². The van der Waals surface area contributed by atoms with Gasteiger partial charge in [0.05, 0.1) is 27.1 Å². The molecule has 2 aromatic rings. The maximum atomic E-state index is 5.86. The Bertz CT molecular complexity index is 540. The third kappa shape index (κ3) is 3.14. The molecule has 0 saturated carbocycles. The summed E-state index contributed by atoms with van der Waals surface area (Å²) in [4.78, 5) is 4.31. The topological polar surface area (TPSA) is 68.8 Å². The van der Waals surface area contributed by atoms with Crippen molar-refractivity contribution < 1.29 is 0 Å². The van der Waals surface area contributed by atoms with Crippen molar-refractivity contribution in [2.75, 3.05) is 0 Å². The van der Waals surface area contributed by atoms with Crippen LogP contribution in [0.15, 0.2) is 29.0 Å². The summed E-state index contributed by atoms with van der Waals surface area (Å²) in [5.74, 6) is 5.68. The number of hydrogen-bond acceptors (Lipinski definition) is 4. The molecule has 0 radical (unpaired) electrons. The lowest BCUT2D eigenvalue weighted by atomic mass is 10.1. The first-order valence-electron chi connectivity index (χ1n) is 5.96. The van der Waals surface area contributed by atoms with Crippen molar-refractivity contribution in [2.45, 2.75) is 25.9 Å². The number of nitrogens with one attached hydrogen (secondary N) is 1. The number of nitrogens with zero attached hydrogens (tertiary/aromatic N) is 3. The molecule has 0 amide bonds. The normalized spacial score (nSPS) is 12.6. The van der Waals surface area contributed by atoms with Gasteiger partial charge in [0.2, 0.25) is 0 Å². The second-order valence-electron chi connectivity index (χ2n) is 4.10. The number of aryl methyl sites for hydroxylation is 1. The molecular weight excluding hydrogens is 330 g/mol. The van der Waals surface area contributed by atoms with Crippen LogP contribution in [0.4, 0.5) is 0 Å². The predicted molar refractivity (Wildman–Crippen MR) is 78.6 cm³/mol. The Kier molecular flexibility index (Phi) is 4.93. The first-order chi connectivity index (χ1) is 9.17. The van der Waals surface area contributed by atoms with Gasteiger partial charge in [0.1, 0.15) is 6.04 Å². The van der Waals surface area contributed by atoms with Gasteiger partial charge < -0.3 is 0 Å². The van der Waals surface area contributed by atoms with Crippen LogP contribution in [0.1, 0.15) is 30.8 Å². The van der Waals surface area contributed by atoms with E-state index in [2.05, 4.69) is 38.4 Å². The van der Waals surface area contributed by atoms with Crippen LogP contribution >= 0.6 is 27.5 Å². The van der Waals surface area contributed by atoms with Crippen LogP contribution in [0.5, 0.6) is 0 Å². The molecule has 0 fully saturated rings. The van der Waals surface area contributed by atoms with Crippen molar-refractivity contribution in [3.63, 3.8) is 0 Å². The average molecular weight is 345 g/mol. The molecule has 19 heavy (non-hydrogen) atoms. The Morgan fingerprint density at radius 3 is 2.84 bits per heavy atom. The van der Waals surface area contributed by atoms with Crippen molar-refractivity contribution in [1.29, 1.82) is 0 Å². The molecule has 0 aliphatic rings. The number of nitrogens with two attached hydrogens (primary N) is 1. The third-order valence-corrected chi connectivity index (χ3v) is 3.59. The molecule has 7 heteroatoms. The van der Waals surface area contributed by atoms with Gasteiger partial charge in [-0.15, -0.1) is 0 Å². The van der Waals surface area contributed by atoms with E-state index in [4.69, 9.17) is 17.4 Å². The van der Waals surface area contributed by atoms with Gasteiger partial charge >= 0.3 is 0 Å². The highest BCUT2D eigenvalue weighted by molar-refractivity contribution is 9.10. The molecule has 5 nitrogen and oxygen atoms in total. The molecule has 0 aliphatic carbocycles. The maximum absolute atomic E-state index is 5.86. The smallest absolute Gasteiger partial charge is 0.106 e. The van der Waals surface area contributed by atoms with Crippen LogP contribution in [0, 0.1) is 0 Å². The Labute approximate surface area is 125 Å². The highest BCUT2D eigenvalue weighted by Gasteiger charge is 2.21. The molecule has 2 aromatic heterocycles. The van der Waals surface area contributed by atoms with E-state index >= 15 is 0 Å². The monoisotopic (exact) mass is 343 g/mol. The van der Waals surface area contributed by atoms with E-state index in [-0.39, 0.29) is 6.04 Å². The predicted octanol–water partition coefficient (Wildman–Crippen LogP) is 2.66. The van der Waals surface area contributed by atoms with Crippen LogP contribution in [-0.4, -0.2) is 14.8 Å². The minimum absolute atomic E-state index is 0.235. The van der Waals surface area contributed by atoms with Gasteiger partial charge in [-0.3, -0.25) is 15.5 Å². The molecule has 0 saturated heterocycles. The van der Waals surface area contributed by atoms with Gasteiger partial charge in [-0.05, 0) is 34.5 Å². The molecule has 102 valence electrons. The highest BCUT2D eigenvalue weighted by Crippen LogP contribution is 2.27. The average Bonchev–Trinajstić information content (AvgIpc) is 2.76. The van der Waals surface area contributed by atoms with E-state index in [1.807, 2.05) is 10.7 Å². The molecule has 2 rings (SSSR count). The van der Waals surface area contributed by atoms with Crippen LogP contribution in [-0.2, 0) is 6.54 Å². The van der Waals surface area contributed by atoms with Crippen LogP contribution in [0.3, 0.4) is 0 Å². The summed E-state index contributed by atoms with van der Waals surface area (Å²) in [7, 11) is 0. The van der Waals surface area contributed by atoms with Gasteiger partial charge in [0.15, 0.2) is 0 Å². The summed E-state index contributed by atoms with van der Waals surface area (Å²) in [6.07, 6.45) is 4.37. The number of halogens is 2. The Morgan fingerprint density at radius 2 is 2.26 bits per heavy atom. The highest BCUT2D eigenvalue weighted by atomic mass is 79.9. The Balaban J connectivity index is 2.41. The summed E-state index contributed by atoms with van der Waals surface area (Å²) in [5, 5.41) is 4.94. The van der Waals surface area contributed by atoms with Crippen molar-refractivity contribution in [3.8, 4) is 0 Å². The van der Waals surface area contributed by atoms with E-state index in [0.29, 0.717) is 5.02 Å². The summed E-state index contributed by atoms with van der Waals surface area (Å²) in [6, 6.07) is 3.41. The second kappa shape index (κ2) is 6.47. The molecule has 1 unspecified atom stereocenters. The van der Waals surface area contributed by atoms with E-state index in [9.17, 15) is 0 Å². The standard InChI is InChI=1S/C12H15BrClN5/c1-2-5-19-12(9(13)7-17-19)11(18-15)10-4-3-8(14)6-16-10/h3-4,6-7,11,18H,2,5,15H2,1H3. The minimum Gasteiger partial charge on any atom is -0.270 e. The lowest BCUT2D eigenvalue weighted by Crippen LogP contribution is -2.31. The van der Waals surface area contributed by atoms with E-state index in [0.717, 1.165) is 28.8 Å². The molecule has 0 spiro atoms. The molecule has 0 aromatic carbocycles. The zero-order valence-corrected chi connectivity index (χ0v) is 12.8. The zero-order valence-electron chi connectivity index (χ0n) is 10.5. The number of hydrogen-bond donors (Lipinski definition) is 2. The van der Waals surface area contributed by atoms with Crippen LogP contribution in [0.2, 0.25) is 5.02 Å². The number of aromatic nitrogens is 3. The molecule has 2 heterocycles. The van der Waals surface area contributed by atoms with E-state index in [1.165, 1.54) is 0 Å². The maximum Gasteiger partial charge on any atom is 0.106 e. The lowest BCUT2D eigenvalue weighted by molar-refractivity contribution is 0.513. The number of rotatable bonds is 5.